The summed E-state index contributed by atoms with van der Waals surface area (Å²) in [5, 5.41) is 12.1. The number of hydrogen-bond donors (Lipinski definition) is 8. The minimum atomic E-state index is -0.803. The fourth-order valence-electron chi connectivity index (χ4n) is 7.76. The van der Waals surface area contributed by atoms with E-state index >= 15 is 0 Å². The largest absolute Gasteiger partial charge is 0.493 e. The third-order valence-electron chi connectivity index (χ3n) is 11.0. The number of ether oxygens (including phenoxy) is 4. The quantitative estimate of drug-likeness (QED) is 0.0408. The molecule has 0 heterocycles. The molecule has 16 nitrogen and oxygen atoms in total. The monoisotopic (exact) mass is 937 g/mol. The lowest BCUT2D eigenvalue weighted by atomic mass is 9.90. The van der Waals surface area contributed by atoms with Crippen LogP contribution in [-0.2, 0) is 44.9 Å². The third kappa shape index (κ3) is 13.9. The second-order valence-corrected chi connectivity index (χ2v) is 17.7. The van der Waals surface area contributed by atoms with Crippen molar-refractivity contribution >= 4 is 46.4 Å². The number of anilines is 4. The molecule has 0 saturated heterocycles. The van der Waals surface area contributed by atoms with Gasteiger partial charge in [-0.25, -0.2) is 0 Å². The van der Waals surface area contributed by atoms with E-state index < -0.39 is 24.2 Å². The molecule has 8 bridgehead atoms. The van der Waals surface area contributed by atoms with Gasteiger partial charge in [0.1, 0.15) is 23.0 Å². The van der Waals surface area contributed by atoms with Crippen molar-refractivity contribution in [2.75, 3.05) is 47.7 Å². The first-order valence-electron chi connectivity index (χ1n) is 23.9. The number of benzene rings is 4. The Morgan fingerprint density at radius 2 is 0.544 bits per heavy atom. The summed E-state index contributed by atoms with van der Waals surface area (Å²) < 4.78 is 26.8. The summed E-state index contributed by atoms with van der Waals surface area (Å²) in [5.41, 5.74) is 32.1. The van der Waals surface area contributed by atoms with Crippen LogP contribution >= 0.6 is 0 Å². The van der Waals surface area contributed by atoms with Gasteiger partial charge in [-0.05, 0) is 102 Å². The van der Waals surface area contributed by atoms with E-state index in [9.17, 15) is 19.2 Å². The van der Waals surface area contributed by atoms with Gasteiger partial charge in [-0.2, -0.15) is 0 Å². The fraction of sp³-hybridized carbons (Fsp3) is 0.462. The topological polar surface area (TPSA) is 257 Å². The van der Waals surface area contributed by atoms with E-state index in [0.29, 0.717) is 97.9 Å². The van der Waals surface area contributed by atoms with E-state index in [2.05, 4.69) is 21.3 Å². The van der Waals surface area contributed by atoms with Crippen LogP contribution in [0.3, 0.4) is 0 Å². The van der Waals surface area contributed by atoms with Crippen LogP contribution in [0.5, 0.6) is 23.0 Å². The van der Waals surface area contributed by atoms with Gasteiger partial charge in [-0.1, -0.05) is 27.7 Å². The predicted molar refractivity (Wildman–Crippen MR) is 269 cm³/mol. The predicted octanol–water partition coefficient (Wildman–Crippen LogP) is 6.66. The zero-order valence-electron chi connectivity index (χ0n) is 41.0. The van der Waals surface area contributed by atoms with Crippen molar-refractivity contribution in [2.24, 2.45) is 22.9 Å². The number of nitrogens with two attached hydrogens (primary N) is 4. The maximum Gasteiger partial charge on any atom is 0.240 e. The molecule has 1 aliphatic rings. The summed E-state index contributed by atoms with van der Waals surface area (Å²) in [6.07, 6.45) is 3.73. The van der Waals surface area contributed by atoms with Crippen molar-refractivity contribution in [1.29, 1.82) is 0 Å². The van der Waals surface area contributed by atoms with E-state index in [-0.39, 0.29) is 49.3 Å². The van der Waals surface area contributed by atoms with Gasteiger partial charge in [0.05, 0.1) is 50.6 Å². The zero-order chi connectivity index (χ0) is 49.7. The number of nitrogens with one attached hydrogen (secondary N) is 4. The van der Waals surface area contributed by atoms with Crippen molar-refractivity contribution in [3.05, 3.63) is 93.0 Å². The van der Waals surface area contributed by atoms with Gasteiger partial charge >= 0.3 is 0 Å². The molecule has 68 heavy (non-hydrogen) atoms. The minimum absolute atomic E-state index is 0.228. The van der Waals surface area contributed by atoms with Crippen molar-refractivity contribution in [3.8, 4) is 23.0 Å². The molecule has 4 atom stereocenters. The van der Waals surface area contributed by atoms with Gasteiger partial charge in [-0.3, -0.25) is 19.2 Å². The van der Waals surface area contributed by atoms with E-state index in [0.717, 1.165) is 44.5 Å². The highest BCUT2D eigenvalue weighted by Gasteiger charge is 2.26. The summed E-state index contributed by atoms with van der Waals surface area (Å²) in [7, 11) is 0. The van der Waals surface area contributed by atoms with E-state index in [4.69, 9.17) is 41.9 Å². The second kappa shape index (κ2) is 24.7. The molecular weight excluding hydrogens is 865 g/mol. The highest BCUT2D eigenvalue weighted by Crippen LogP contribution is 2.43. The molecule has 16 heteroatoms. The minimum Gasteiger partial charge on any atom is -0.493 e. The van der Waals surface area contributed by atoms with Gasteiger partial charge in [0, 0.05) is 92.9 Å². The Hall–Kier alpha value is -6.20. The molecular formula is C52H72N8O8. The number of amides is 4. The first kappa shape index (κ1) is 52.8. The Labute approximate surface area is 400 Å². The van der Waals surface area contributed by atoms with Gasteiger partial charge in [0.15, 0.2) is 0 Å². The Morgan fingerprint density at radius 1 is 0.382 bits per heavy atom. The van der Waals surface area contributed by atoms with Crippen LogP contribution in [0.4, 0.5) is 22.7 Å². The first-order valence-corrected chi connectivity index (χ1v) is 23.9. The Bertz CT molecular complexity index is 2010. The molecule has 5 rings (SSSR count). The van der Waals surface area contributed by atoms with Crippen molar-refractivity contribution in [3.63, 3.8) is 0 Å². The number of carbonyl (C=O) groups is 4. The third-order valence-corrected chi connectivity index (χ3v) is 11.0. The second-order valence-electron chi connectivity index (χ2n) is 17.7. The van der Waals surface area contributed by atoms with Crippen LogP contribution in [0.15, 0.2) is 48.5 Å². The van der Waals surface area contributed by atoms with Crippen LogP contribution in [0.1, 0.15) is 126 Å². The molecule has 4 amide bonds. The van der Waals surface area contributed by atoms with Gasteiger partial charge in [0.25, 0.3) is 0 Å². The van der Waals surface area contributed by atoms with Gasteiger partial charge in [-0.15, -0.1) is 0 Å². The molecule has 4 aromatic carbocycles. The lowest BCUT2D eigenvalue weighted by molar-refractivity contribution is -0.117. The van der Waals surface area contributed by atoms with Crippen LogP contribution in [-0.4, -0.2) is 74.2 Å². The Morgan fingerprint density at radius 3 is 0.676 bits per heavy atom. The number of carbonyl (C=O) groups excluding carboxylic acids is 4. The lowest BCUT2D eigenvalue weighted by Crippen LogP contribution is -2.32. The smallest absolute Gasteiger partial charge is 0.240 e. The highest BCUT2D eigenvalue weighted by atomic mass is 16.5. The lowest BCUT2D eigenvalue weighted by Gasteiger charge is -2.25. The number of rotatable bonds is 20. The average molecular weight is 937 g/mol. The molecule has 368 valence electrons. The fourth-order valence-corrected chi connectivity index (χ4v) is 7.76. The number of hydrogen-bond acceptors (Lipinski definition) is 12. The summed E-state index contributed by atoms with van der Waals surface area (Å²) in [5.74, 6) is 0.846. The van der Waals surface area contributed by atoms with E-state index in [1.54, 1.807) is 27.7 Å². The number of fused-ring (bicyclic) bond motifs is 8. The average Bonchev–Trinajstić information content (AvgIpc) is 3.27. The van der Waals surface area contributed by atoms with Crippen LogP contribution in [0, 0.1) is 0 Å². The maximum absolute atomic E-state index is 13.3. The molecule has 0 saturated carbocycles. The first-order chi connectivity index (χ1) is 32.5. The van der Waals surface area contributed by atoms with Crippen molar-refractivity contribution < 1.29 is 38.1 Å². The summed E-state index contributed by atoms with van der Waals surface area (Å²) in [6, 6.07) is 11.8. The summed E-state index contributed by atoms with van der Waals surface area (Å²) >= 11 is 0. The normalized spacial score (nSPS) is 13.8. The van der Waals surface area contributed by atoms with Crippen LogP contribution in [0.25, 0.3) is 0 Å². The van der Waals surface area contributed by atoms with Crippen molar-refractivity contribution in [2.45, 2.75) is 131 Å². The van der Waals surface area contributed by atoms with Crippen LogP contribution in [0.2, 0.25) is 0 Å². The molecule has 0 spiro atoms. The zero-order valence-corrected chi connectivity index (χ0v) is 41.0. The van der Waals surface area contributed by atoms with Crippen molar-refractivity contribution in [1.82, 2.24) is 0 Å². The molecule has 1 aliphatic carbocycles. The summed E-state index contributed by atoms with van der Waals surface area (Å²) in [4.78, 5) is 53.2. The standard InChI is InChI=1S/C52H72N8O8/c1-9-13-65-45-33-17-35-23-42(58-50(62)30(6)54)25-37(46(35)66-14-10-2)19-39-27-44(60-52(64)32(8)56)28-40(48(39)68-16-12-4)20-38-26-43(59-51(63)31(7)55)24-36(47(38)67-15-11-3)18-34(45)22-41(21-33)57-49(61)29(5)53/h21-32H,9-20,53-56H2,1-8H3,(H,57,61)(H,58,62)(H,59,63)(H,60,64)/t29-,30-,31-,32-/m0/s1. The maximum atomic E-state index is 13.3. The molecule has 0 aliphatic heterocycles. The van der Waals surface area contributed by atoms with E-state index in [1.165, 1.54) is 0 Å². The van der Waals surface area contributed by atoms with E-state index in [1.807, 2.05) is 76.2 Å². The molecule has 0 aromatic heterocycles. The van der Waals surface area contributed by atoms with Crippen LogP contribution < -0.4 is 63.1 Å². The van der Waals surface area contributed by atoms with Gasteiger partial charge in [0.2, 0.25) is 23.6 Å². The van der Waals surface area contributed by atoms with Gasteiger partial charge < -0.3 is 63.1 Å². The molecule has 0 fully saturated rings. The Kier molecular flexibility index (Phi) is 19.2. The summed E-state index contributed by atoms with van der Waals surface area (Å²) in [6.45, 7) is 16.1. The molecule has 0 unspecified atom stereocenters. The molecule has 4 aromatic rings. The molecule has 12 N–H and O–H groups in total. The SMILES string of the molecule is CCCOc1c2cc(NC(=O)[C@H](C)N)cc1Cc1cc(NC(=O)[C@H](C)N)cc(c1OCCC)Cc1cc(NC(=O)[C@H](C)N)cc(c1OCCC)Cc1cc(NC(=O)[C@H](C)N)cc(c1OCCC)C2. The Balaban J connectivity index is 1.99. The molecule has 0 radical (unpaired) electrons. The highest BCUT2D eigenvalue weighted by molar-refractivity contribution is 5.97.